The summed E-state index contributed by atoms with van der Waals surface area (Å²) in [6.07, 6.45) is 4.00. The van der Waals surface area contributed by atoms with Crippen LogP contribution in [0.4, 0.5) is 0 Å². The highest BCUT2D eigenvalue weighted by molar-refractivity contribution is 5.92. The number of nitrogens with zero attached hydrogens (tertiary/aromatic N) is 3. The molecule has 0 fully saturated rings. The molecule has 0 saturated heterocycles. The summed E-state index contributed by atoms with van der Waals surface area (Å²) in [5, 5.41) is 1.16. The summed E-state index contributed by atoms with van der Waals surface area (Å²) in [6.45, 7) is 8.41. The molecule has 1 N–H and O–H groups in total. The van der Waals surface area contributed by atoms with E-state index < -0.39 is 0 Å². The molecule has 0 bridgehead atoms. The minimum absolute atomic E-state index is 0. The fraction of sp³-hybridized carbons (Fsp3) is 0.391. The van der Waals surface area contributed by atoms with Gasteiger partial charge in [0, 0.05) is 48.6 Å². The Balaban J connectivity index is 0.00000300. The van der Waals surface area contributed by atoms with Crippen LogP contribution in [0.1, 0.15) is 27.9 Å². The molecule has 6 heteroatoms. The van der Waals surface area contributed by atoms with Crippen molar-refractivity contribution in [1.29, 1.82) is 0 Å². The zero-order valence-corrected chi connectivity index (χ0v) is 18.8. The number of aromatic nitrogens is 2. The Morgan fingerprint density at radius 3 is 2.52 bits per heavy atom. The second-order valence-electron chi connectivity index (χ2n) is 7.82. The van der Waals surface area contributed by atoms with E-state index in [0.717, 1.165) is 34.3 Å². The van der Waals surface area contributed by atoms with Crippen molar-refractivity contribution in [2.45, 2.75) is 33.7 Å². The number of likely N-dealkylation sites (N-methyl/N-ethyl adjacent to an activating group) is 1. The predicted octanol–water partition coefficient (Wildman–Crippen LogP) is 4.04. The highest BCUT2D eigenvalue weighted by atomic mass is 35.5. The second kappa shape index (κ2) is 9.90. The standard InChI is InChI=1S/C23H30N4O.ClH/c1-16-8-9-20-21(18(3)25-23(20)17(16)2)13-22(28)27(12-11-26(4)5)15-19-7-6-10-24-14-19;/h6-10,14,25H,11-13,15H2,1-5H3;1H. The van der Waals surface area contributed by atoms with Gasteiger partial charge < -0.3 is 14.8 Å². The van der Waals surface area contributed by atoms with E-state index in [4.69, 9.17) is 0 Å². The molecule has 0 radical (unpaired) electrons. The maximum absolute atomic E-state index is 13.2. The molecule has 0 saturated carbocycles. The van der Waals surface area contributed by atoms with Crippen molar-refractivity contribution < 1.29 is 4.79 Å². The van der Waals surface area contributed by atoms with E-state index in [1.165, 1.54) is 11.1 Å². The Morgan fingerprint density at radius 2 is 1.86 bits per heavy atom. The molecule has 0 spiro atoms. The van der Waals surface area contributed by atoms with Gasteiger partial charge in [0.2, 0.25) is 5.91 Å². The molecule has 156 valence electrons. The van der Waals surface area contributed by atoms with E-state index in [-0.39, 0.29) is 18.3 Å². The number of benzene rings is 1. The quantitative estimate of drug-likeness (QED) is 0.634. The minimum Gasteiger partial charge on any atom is -0.358 e. The fourth-order valence-corrected chi connectivity index (χ4v) is 3.51. The Hall–Kier alpha value is -2.37. The first kappa shape index (κ1) is 22.9. The van der Waals surface area contributed by atoms with Crippen molar-refractivity contribution in [3.63, 3.8) is 0 Å². The molecule has 1 aromatic carbocycles. The summed E-state index contributed by atoms with van der Waals surface area (Å²) in [7, 11) is 4.06. The van der Waals surface area contributed by atoms with Gasteiger partial charge in [-0.3, -0.25) is 9.78 Å². The molecule has 0 atom stereocenters. The van der Waals surface area contributed by atoms with Crippen molar-refractivity contribution in [2.75, 3.05) is 27.2 Å². The van der Waals surface area contributed by atoms with E-state index in [0.29, 0.717) is 19.5 Å². The number of nitrogens with one attached hydrogen (secondary N) is 1. The van der Waals surface area contributed by atoms with Crippen LogP contribution in [0.3, 0.4) is 0 Å². The van der Waals surface area contributed by atoms with E-state index in [1.54, 1.807) is 6.20 Å². The summed E-state index contributed by atoms with van der Waals surface area (Å²) in [5.74, 6) is 0.146. The van der Waals surface area contributed by atoms with Gasteiger partial charge in [-0.1, -0.05) is 18.2 Å². The first-order chi connectivity index (χ1) is 13.4. The normalized spacial score (nSPS) is 11.0. The van der Waals surface area contributed by atoms with Crippen molar-refractivity contribution >= 4 is 29.2 Å². The summed E-state index contributed by atoms with van der Waals surface area (Å²) in [6, 6.07) is 8.21. The number of hydrogen-bond acceptors (Lipinski definition) is 3. The minimum atomic E-state index is 0. The molecule has 0 unspecified atom stereocenters. The number of H-pyrrole nitrogens is 1. The van der Waals surface area contributed by atoms with Crippen LogP contribution in [0.25, 0.3) is 10.9 Å². The summed E-state index contributed by atoms with van der Waals surface area (Å²) < 4.78 is 0. The van der Waals surface area contributed by atoms with Crippen molar-refractivity contribution in [3.05, 3.63) is 64.6 Å². The number of aryl methyl sites for hydroxylation is 3. The van der Waals surface area contributed by atoms with Crippen molar-refractivity contribution in [3.8, 4) is 0 Å². The number of halogens is 1. The van der Waals surface area contributed by atoms with E-state index >= 15 is 0 Å². The zero-order valence-electron chi connectivity index (χ0n) is 18.0. The Morgan fingerprint density at radius 1 is 1.10 bits per heavy atom. The average Bonchev–Trinajstić information content (AvgIpc) is 2.98. The highest BCUT2D eigenvalue weighted by Crippen LogP contribution is 2.27. The van der Waals surface area contributed by atoms with E-state index in [9.17, 15) is 4.79 Å². The Bertz CT molecular complexity index is 966. The molecule has 0 aliphatic carbocycles. The van der Waals surface area contributed by atoms with Gasteiger partial charge in [-0.25, -0.2) is 0 Å². The van der Waals surface area contributed by atoms with Gasteiger partial charge in [-0.15, -0.1) is 12.4 Å². The Labute approximate surface area is 179 Å². The van der Waals surface area contributed by atoms with Crippen LogP contribution < -0.4 is 0 Å². The Kier molecular flexibility index (Phi) is 7.82. The maximum atomic E-state index is 13.2. The molecule has 2 aromatic heterocycles. The van der Waals surface area contributed by atoms with E-state index in [1.807, 2.05) is 37.3 Å². The van der Waals surface area contributed by atoms with Crippen LogP contribution >= 0.6 is 12.4 Å². The molecule has 0 aliphatic heterocycles. The number of aromatic amines is 1. The van der Waals surface area contributed by atoms with Crippen LogP contribution in [0, 0.1) is 20.8 Å². The lowest BCUT2D eigenvalue weighted by Gasteiger charge is -2.24. The molecule has 1 amide bonds. The van der Waals surface area contributed by atoms with Gasteiger partial charge >= 0.3 is 0 Å². The topological polar surface area (TPSA) is 52.2 Å². The molecular weight excluding hydrogens is 384 g/mol. The molecule has 29 heavy (non-hydrogen) atoms. The first-order valence-corrected chi connectivity index (χ1v) is 9.75. The number of carbonyl (C=O) groups excluding carboxylic acids is 1. The number of carbonyl (C=O) groups is 1. The second-order valence-corrected chi connectivity index (χ2v) is 7.82. The van der Waals surface area contributed by atoms with Crippen molar-refractivity contribution in [2.24, 2.45) is 0 Å². The van der Waals surface area contributed by atoms with Gasteiger partial charge in [0.25, 0.3) is 0 Å². The van der Waals surface area contributed by atoms with Crippen LogP contribution in [-0.2, 0) is 17.8 Å². The lowest BCUT2D eigenvalue weighted by Crippen LogP contribution is -2.37. The number of fused-ring (bicyclic) bond motifs is 1. The number of rotatable bonds is 7. The third-order valence-electron chi connectivity index (χ3n) is 5.42. The number of hydrogen-bond donors (Lipinski definition) is 1. The van der Waals surface area contributed by atoms with Gasteiger partial charge in [-0.2, -0.15) is 0 Å². The van der Waals surface area contributed by atoms with Crippen molar-refractivity contribution in [1.82, 2.24) is 19.8 Å². The number of amides is 1. The predicted molar refractivity (Wildman–Crippen MR) is 122 cm³/mol. The lowest BCUT2D eigenvalue weighted by molar-refractivity contribution is -0.131. The van der Waals surface area contributed by atoms with Crippen LogP contribution in [0.15, 0.2) is 36.7 Å². The average molecular weight is 415 g/mol. The summed E-state index contributed by atoms with van der Waals surface area (Å²) in [4.78, 5) is 25.0. The highest BCUT2D eigenvalue weighted by Gasteiger charge is 2.19. The van der Waals surface area contributed by atoms with Gasteiger partial charge in [0.05, 0.1) is 6.42 Å². The zero-order chi connectivity index (χ0) is 20.3. The third kappa shape index (κ3) is 5.37. The van der Waals surface area contributed by atoms with Crippen LogP contribution in [-0.4, -0.2) is 52.9 Å². The molecule has 3 rings (SSSR count). The number of pyridine rings is 1. The van der Waals surface area contributed by atoms with Crippen LogP contribution in [0.2, 0.25) is 0 Å². The van der Waals surface area contributed by atoms with Crippen LogP contribution in [0.5, 0.6) is 0 Å². The fourth-order valence-electron chi connectivity index (χ4n) is 3.51. The maximum Gasteiger partial charge on any atom is 0.227 e. The lowest BCUT2D eigenvalue weighted by atomic mass is 10.0. The van der Waals surface area contributed by atoms with Gasteiger partial charge in [0.15, 0.2) is 0 Å². The smallest absolute Gasteiger partial charge is 0.227 e. The first-order valence-electron chi connectivity index (χ1n) is 9.75. The monoisotopic (exact) mass is 414 g/mol. The van der Waals surface area contributed by atoms with Gasteiger partial charge in [-0.05, 0) is 63.2 Å². The molecule has 3 aromatic rings. The SMILES string of the molecule is Cc1ccc2c(CC(=O)N(CCN(C)C)Cc3cccnc3)c(C)[nH]c2c1C.Cl. The van der Waals surface area contributed by atoms with Gasteiger partial charge in [0.1, 0.15) is 0 Å². The molecule has 5 nitrogen and oxygen atoms in total. The largest absolute Gasteiger partial charge is 0.358 e. The molecular formula is C23H31ClN4O. The van der Waals surface area contributed by atoms with E-state index in [2.05, 4.69) is 47.8 Å². The molecule has 2 heterocycles. The summed E-state index contributed by atoms with van der Waals surface area (Å²) >= 11 is 0. The summed E-state index contributed by atoms with van der Waals surface area (Å²) in [5.41, 5.74) is 6.88. The third-order valence-corrected chi connectivity index (χ3v) is 5.42. The molecule has 0 aliphatic rings.